The van der Waals surface area contributed by atoms with E-state index in [-0.39, 0.29) is 23.8 Å². The number of likely N-dealkylation sites (tertiary alicyclic amines) is 1. The van der Waals surface area contributed by atoms with E-state index < -0.39 is 0 Å². The quantitative estimate of drug-likeness (QED) is 0.690. The molecule has 0 saturated carbocycles. The second kappa shape index (κ2) is 8.11. The first kappa shape index (κ1) is 19.2. The average molecular weight is 394 g/mol. The number of nitrogens with zero attached hydrogens (tertiary/aromatic N) is 2. The van der Waals surface area contributed by atoms with Gasteiger partial charge in [-0.25, -0.2) is 0 Å². The van der Waals surface area contributed by atoms with Gasteiger partial charge in [0.2, 0.25) is 0 Å². The maximum absolute atomic E-state index is 13.1. The van der Waals surface area contributed by atoms with Crippen LogP contribution in [0.1, 0.15) is 65.5 Å². The lowest BCUT2D eigenvalue weighted by Gasteiger charge is -2.35. The van der Waals surface area contributed by atoms with Gasteiger partial charge < -0.3 is 14.6 Å². The van der Waals surface area contributed by atoms with Crippen molar-refractivity contribution >= 4 is 22.7 Å². The minimum Gasteiger partial charge on any atom is -0.459 e. The summed E-state index contributed by atoms with van der Waals surface area (Å²) < 4.78 is 5.53. The van der Waals surface area contributed by atoms with Crippen molar-refractivity contribution in [3.8, 4) is 0 Å². The molecule has 1 atom stereocenters. The highest BCUT2D eigenvalue weighted by Gasteiger charge is 2.31. The van der Waals surface area contributed by atoms with Crippen molar-refractivity contribution < 1.29 is 14.0 Å². The van der Waals surface area contributed by atoms with E-state index in [1.54, 1.807) is 18.5 Å². The van der Waals surface area contributed by atoms with E-state index in [0.29, 0.717) is 24.4 Å². The van der Waals surface area contributed by atoms with Crippen LogP contribution in [-0.4, -0.2) is 46.0 Å². The monoisotopic (exact) mass is 394 g/mol. The minimum absolute atomic E-state index is 0.0389. The van der Waals surface area contributed by atoms with Gasteiger partial charge in [-0.05, 0) is 49.4 Å². The summed E-state index contributed by atoms with van der Waals surface area (Å²) in [5, 5.41) is 10.8. The highest BCUT2D eigenvalue weighted by Crippen LogP contribution is 2.25. The average Bonchev–Trinajstić information content (AvgIpc) is 3.40. The van der Waals surface area contributed by atoms with Crippen LogP contribution in [0.5, 0.6) is 0 Å². The number of piperidine rings is 1. The van der Waals surface area contributed by atoms with Crippen molar-refractivity contribution in [1.29, 1.82) is 0 Å². The van der Waals surface area contributed by atoms with Gasteiger partial charge in [0.1, 0.15) is 0 Å². The smallest absolute Gasteiger partial charge is 0.290 e. The molecule has 29 heavy (non-hydrogen) atoms. The van der Waals surface area contributed by atoms with Crippen LogP contribution >= 0.6 is 0 Å². The molecule has 152 valence electrons. The zero-order chi connectivity index (χ0) is 20.4. The number of amides is 2. The summed E-state index contributed by atoms with van der Waals surface area (Å²) in [5.41, 5.74) is 2.41. The van der Waals surface area contributed by atoms with Crippen molar-refractivity contribution in [3.05, 3.63) is 53.6 Å². The van der Waals surface area contributed by atoms with Crippen LogP contribution in [0.25, 0.3) is 10.9 Å². The van der Waals surface area contributed by atoms with Crippen LogP contribution in [0, 0.1) is 0 Å². The van der Waals surface area contributed by atoms with E-state index in [2.05, 4.69) is 15.5 Å². The van der Waals surface area contributed by atoms with E-state index >= 15 is 0 Å². The summed E-state index contributed by atoms with van der Waals surface area (Å²) in [4.78, 5) is 27.6. The van der Waals surface area contributed by atoms with Gasteiger partial charge in [-0.2, -0.15) is 5.10 Å². The zero-order valence-corrected chi connectivity index (χ0v) is 16.8. The van der Waals surface area contributed by atoms with E-state index in [9.17, 15) is 9.59 Å². The number of fused-ring (bicyclic) bond motifs is 1. The van der Waals surface area contributed by atoms with Crippen molar-refractivity contribution in [2.45, 2.75) is 45.1 Å². The molecule has 3 aromatic rings. The topological polar surface area (TPSA) is 91.2 Å². The van der Waals surface area contributed by atoms with Gasteiger partial charge in [0.05, 0.1) is 18.0 Å². The van der Waals surface area contributed by atoms with Crippen LogP contribution in [0.15, 0.2) is 41.1 Å². The van der Waals surface area contributed by atoms with Crippen LogP contribution in [0.4, 0.5) is 0 Å². The normalized spacial score (nSPS) is 17.1. The summed E-state index contributed by atoms with van der Waals surface area (Å²) in [6.45, 7) is 5.20. The Morgan fingerprint density at radius 3 is 3.00 bits per heavy atom. The number of nitrogens with one attached hydrogen (secondary N) is 2. The lowest BCUT2D eigenvalue weighted by Crippen LogP contribution is -2.49. The van der Waals surface area contributed by atoms with Crippen LogP contribution in [0.3, 0.4) is 0 Å². The van der Waals surface area contributed by atoms with Gasteiger partial charge in [0.15, 0.2) is 5.76 Å². The van der Waals surface area contributed by atoms with Gasteiger partial charge in [-0.15, -0.1) is 0 Å². The predicted molar refractivity (Wildman–Crippen MR) is 110 cm³/mol. The molecule has 2 aromatic heterocycles. The molecule has 2 amide bonds. The Labute approximate surface area is 169 Å². The predicted octanol–water partition coefficient (Wildman–Crippen LogP) is 3.70. The molecule has 2 N–H and O–H groups in total. The highest BCUT2D eigenvalue weighted by molar-refractivity contribution is 5.98. The molecular weight excluding hydrogens is 368 g/mol. The Bertz CT molecular complexity index is 1020. The lowest BCUT2D eigenvalue weighted by molar-refractivity contribution is 0.0569. The number of furan rings is 1. The fraction of sp³-hybridized carbons (Fsp3) is 0.409. The maximum atomic E-state index is 13.1. The molecule has 4 rings (SSSR count). The summed E-state index contributed by atoms with van der Waals surface area (Å²) in [6.07, 6.45) is 6.15. The number of aromatic nitrogens is 2. The Balaban J connectivity index is 1.45. The first-order chi connectivity index (χ1) is 14.0. The van der Waals surface area contributed by atoms with Crippen molar-refractivity contribution in [3.63, 3.8) is 0 Å². The number of H-pyrrole nitrogens is 1. The summed E-state index contributed by atoms with van der Waals surface area (Å²) in [5.74, 6) is 0.404. The maximum Gasteiger partial charge on any atom is 0.290 e. The largest absolute Gasteiger partial charge is 0.459 e. The second-order valence-electron chi connectivity index (χ2n) is 7.89. The molecule has 1 saturated heterocycles. The fourth-order valence-electron chi connectivity index (χ4n) is 3.95. The third-order valence-corrected chi connectivity index (χ3v) is 5.60. The van der Waals surface area contributed by atoms with Crippen LogP contribution in [0.2, 0.25) is 0 Å². The molecule has 1 aliphatic heterocycles. The van der Waals surface area contributed by atoms with E-state index in [1.807, 2.05) is 36.9 Å². The van der Waals surface area contributed by atoms with Gasteiger partial charge in [0.25, 0.3) is 11.8 Å². The third kappa shape index (κ3) is 3.90. The molecular formula is C22H26N4O3. The first-order valence-electron chi connectivity index (χ1n) is 10.1. The Kier molecular flexibility index (Phi) is 5.38. The first-order valence-corrected chi connectivity index (χ1v) is 10.1. The number of hydrogen-bond acceptors (Lipinski definition) is 4. The van der Waals surface area contributed by atoms with E-state index in [1.165, 1.54) is 0 Å². The molecule has 1 aliphatic rings. The van der Waals surface area contributed by atoms with E-state index in [4.69, 9.17) is 4.42 Å². The number of hydrogen-bond donors (Lipinski definition) is 2. The SMILES string of the molecule is CC(C)c1ccoc1C(=O)N1CCCCC1CNC(=O)c1ccc2[nH]ncc2c1. The molecule has 7 heteroatoms. The number of aromatic amines is 1. The molecule has 0 spiro atoms. The number of carbonyl (C=O) groups excluding carboxylic acids is 2. The molecule has 1 fully saturated rings. The molecule has 0 radical (unpaired) electrons. The van der Waals surface area contributed by atoms with E-state index in [0.717, 1.165) is 35.7 Å². The van der Waals surface area contributed by atoms with Crippen molar-refractivity contribution in [1.82, 2.24) is 20.4 Å². The zero-order valence-electron chi connectivity index (χ0n) is 16.8. The van der Waals surface area contributed by atoms with Gasteiger partial charge in [-0.3, -0.25) is 14.7 Å². The Morgan fingerprint density at radius 1 is 1.31 bits per heavy atom. The molecule has 1 unspecified atom stereocenters. The van der Waals surface area contributed by atoms with Crippen LogP contribution in [-0.2, 0) is 0 Å². The van der Waals surface area contributed by atoms with Crippen molar-refractivity contribution in [2.24, 2.45) is 0 Å². The molecule has 0 aliphatic carbocycles. The number of benzene rings is 1. The molecule has 1 aromatic carbocycles. The Hall–Kier alpha value is -3.09. The summed E-state index contributed by atoms with van der Waals surface area (Å²) >= 11 is 0. The lowest BCUT2D eigenvalue weighted by atomic mass is 9.99. The summed E-state index contributed by atoms with van der Waals surface area (Å²) in [6, 6.07) is 7.26. The van der Waals surface area contributed by atoms with Crippen molar-refractivity contribution in [2.75, 3.05) is 13.1 Å². The Morgan fingerprint density at radius 2 is 2.17 bits per heavy atom. The standard InChI is InChI=1S/C22H26N4O3/c1-14(2)18-8-10-29-20(18)22(28)26-9-4-3-5-17(26)13-23-21(27)15-6-7-19-16(11-15)12-24-25-19/h6-8,10-12,14,17H,3-5,9,13H2,1-2H3,(H,23,27)(H,24,25). The van der Waals surface area contributed by atoms with Gasteiger partial charge in [-0.1, -0.05) is 13.8 Å². The number of rotatable bonds is 5. The van der Waals surface area contributed by atoms with Gasteiger partial charge in [0, 0.05) is 35.6 Å². The molecule has 3 heterocycles. The number of carbonyl (C=O) groups is 2. The summed E-state index contributed by atoms with van der Waals surface area (Å²) in [7, 11) is 0. The second-order valence-corrected chi connectivity index (χ2v) is 7.89. The highest BCUT2D eigenvalue weighted by atomic mass is 16.3. The fourth-order valence-corrected chi connectivity index (χ4v) is 3.95. The van der Waals surface area contributed by atoms with Gasteiger partial charge >= 0.3 is 0 Å². The molecule has 0 bridgehead atoms. The minimum atomic E-state index is -0.146. The molecule has 7 nitrogen and oxygen atoms in total. The van der Waals surface area contributed by atoms with Crippen LogP contribution < -0.4 is 5.32 Å². The third-order valence-electron chi connectivity index (χ3n) is 5.60.